The molecule has 0 saturated heterocycles. The van der Waals surface area contributed by atoms with Crippen LogP contribution in [0.25, 0.3) is 0 Å². The van der Waals surface area contributed by atoms with Crippen molar-refractivity contribution in [1.82, 2.24) is 5.32 Å². The molecule has 2 heteroatoms. The molecule has 1 aromatic carbocycles. The normalized spacial score (nSPS) is 12.7. The summed E-state index contributed by atoms with van der Waals surface area (Å²) in [6.45, 7) is 7.54. The smallest absolute Gasteiger partial charge is 0.123 e. The Morgan fingerprint density at radius 3 is 2.61 bits per heavy atom. The van der Waals surface area contributed by atoms with Crippen molar-refractivity contribution < 1.29 is 4.39 Å². The van der Waals surface area contributed by atoms with Crippen LogP contribution < -0.4 is 5.32 Å². The SMILES string of the molecule is CCCNC(CCC)CCc1cc(F)ccc1C. The molecule has 0 aliphatic carbocycles. The molecular formula is C16H26FN. The summed E-state index contributed by atoms with van der Waals surface area (Å²) in [5.41, 5.74) is 2.34. The van der Waals surface area contributed by atoms with E-state index in [1.54, 1.807) is 6.07 Å². The third kappa shape index (κ3) is 5.18. The van der Waals surface area contributed by atoms with Crippen molar-refractivity contribution >= 4 is 0 Å². The van der Waals surface area contributed by atoms with Crippen molar-refractivity contribution in [3.8, 4) is 0 Å². The van der Waals surface area contributed by atoms with Crippen molar-refractivity contribution in [2.24, 2.45) is 0 Å². The Kier molecular flexibility index (Phi) is 6.96. The number of hydrogen-bond acceptors (Lipinski definition) is 1. The van der Waals surface area contributed by atoms with Gasteiger partial charge in [0.1, 0.15) is 5.82 Å². The van der Waals surface area contributed by atoms with Gasteiger partial charge in [0, 0.05) is 6.04 Å². The summed E-state index contributed by atoms with van der Waals surface area (Å²) in [6, 6.07) is 5.66. The van der Waals surface area contributed by atoms with Crippen molar-refractivity contribution in [3.05, 3.63) is 35.1 Å². The van der Waals surface area contributed by atoms with Crippen LogP contribution in [0, 0.1) is 12.7 Å². The van der Waals surface area contributed by atoms with E-state index in [0.29, 0.717) is 6.04 Å². The summed E-state index contributed by atoms with van der Waals surface area (Å²) < 4.78 is 13.2. The lowest BCUT2D eigenvalue weighted by molar-refractivity contribution is 0.448. The fourth-order valence-electron chi connectivity index (χ4n) is 2.28. The summed E-state index contributed by atoms with van der Waals surface area (Å²) in [6.07, 6.45) is 5.63. The predicted octanol–water partition coefficient (Wildman–Crippen LogP) is 4.24. The monoisotopic (exact) mass is 251 g/mol. The van der Waals surface area contributed by atoms with Gasteiger partial charge < -0.3 is 5.32 Å². The molecule has 1 unspecified atom stereocenters. The van der Waals surface area contributed by atoms with Crippen LogP contribution in [0.1, 0.15) is 50.7 Å². The lowest BCUT2D eigenvalue weighted by Crippen LogP contribution is -2.30. The van der Waals surface area contributed by atoms with Crippen LogP contribution in [-0.4, -0.2) is 12.6 Å². The molecule has 1 nitrogen and oxygen atoms in total. The molecule has 0 aliphatic rings. The van der Waals surface area contributed by atoms with Gasteiger partial charge in [0.15, 0.2) is 0 Å². The number of aryl methyl sites for hydroxylation is 2. The zero-order valence-corrected chi connectivity index (χ0v) is 11.9. The third-order valence-corrected chi connectivity index (χ3v) is 3.39. The first kappa shape index (κ1) is 15.2. The molecule has 1 aromatic rings. The van der Waals surface area contributed by atoms with E-state index in [-0.39, 0.29) is 5.82 Å². The molecule has 0 heterocycles. The van der Waals surface area contributed by atoms with E-state index in [2.05, 4.69) is 26.1 Å². The molecule has 0 saturated carbocycles. The molecule has 0 aromatic heterocycles. The van der Waals surface area contributed by atoms with Gasteiger partial charge in [0.25, 0.3) is 0 Å². The molecule has 0 fully saturated rings. The highest BCUT2D eigenvalue weighted by atomic mass is 19.1. The Bertz CT molecular complexity index is 349. The Balaban J connectivity index is 2.52. The van der Waals surface area contributed by atoms with Crippen LogP contribution in [0.15, 0.2) is 18.2 Å². The lowest BCUT2D eigenvalue weighted by Gasteiger charge is -2.18. The first-order valence-corrected chi connectivity index (χ1v) is 7.15. The molecule has 0 amide bonds. The third-order valence-electron chi connectivity index (χ3n) is 3.39. The fraction of sp³-hybridized carbons (Fsp3) is 0.625. The van der Waals surface area contributed by atoms with Crippen LogP contribution in [0.3, 0.4) is 0 Å². The summed E-state index contributed by atoms with van der Waals surface area (Å²) >= 11 is 0. The van der Waals surface area contributed by atoms with Gasteiger partial charge in [-0.1, -0.05) is 26.3 Å². The second kappa shape index (κ2) is 8.25. The Labute approximate surface area is 111 Å². The standard InChI is InChI=1S/C16H26FN/c1-4-6-16(18-11-5-2)10-8-14-12-15(17)9-7-13(14)3/h7,9,12,16,18H,4-6,8,10-11H2,1-3H3. The highest BCUT2D eigenvalue weighted by Gasteiger charge is 2.08. The zero-order valence-electron chi connectivity index (χ0n) is 11.9. The summed E-state index contributed by atoms with van der Waals surface area (Å²) in [5, 5.41) is 3.58. The largest absolute Gasteiger partial charge is 0.314 e. The quantitative estimate of drug-likeness (QED) is 0.729. The van der Waals surface area contributed by atoms with Gasteiger partial charge in [-0.3, -0.25) is 0 Å². The minimum Gasteiger partial charge on any atom is -0.314 e. The van der Waals surface area contributed by atoms with Crippen LogP contribution >= 0.6 is 0 Å². The predicted molar refractivity (Wildman–Crippen MR) is 76.4 cm³/mol. The van der Waals surface area contributed by atoms with Gasteiger partial charge in [0.2, 0.25) is 0 Å². The van der Waals surface area contributed by atoms with Crippen molar-refractivity contribution in [1.29, 1.82) is 0 Å². The van der Waals surface area contributed by atoms with Gasteiger partial charge >= 0.3 is 0 Å². The molecule has 0 bridgehead atoms. The van der Waals surface area contributed by atoms with E-state index in [9.17, 15) is 4.39 Å². The maximum atomic E-state index is 13.2. The van der Waals surface area contributed by atoms with Crippen molar-refractivity contribution in [2.45, 2.75) is 58.9 Å². The summed E-state index contributed by atoms with van der Waals surface area (Å²) in [4.78, 5) is 0. The van der Waals surface area contributed by atoms with Gasteiger partial charge in [-0.05, 0) is 62.4 Å². The van der Waals surface area contributed by atoms with Crippen LogP contribution in [0.5, 0.6) is 0 Å². The number of benzene rings is 1. The van der Waals surface area contributed by atoms with Crippen LogP contribution in [-0.2, 0) is 6.42 Å². The molecule has 1 rings (SSSR count). The van der Waals surface area contributed by atoms with Gasteiger partial charge in [-0.2, -0.15) is 0 Å². The number of rotatable bonds is 8. The Hall–Kier alpha value is -0.890. The average Bonchev–Trinajstić information content (AvgIpc) is 2.36. The van der Waals surface area contributed by atoms with Crippen molar-refractivity contribution in [3.63, 3.8) is 0 Å². The van der Waals surface area contributed by atoms with E-state index in [4.69, 9.17) is 0 Å². The molecule has 0 spiro atoms. The minimum atomic E-state index is -0.121. The van der Waals surface area contributed by atoms with E-state index in [0.717, 1.165) is 24.9 Å². The van der Waals surface area contributed by atoms with Gasteiger partial charge in [-0.15, -0.1) is 0 Å². The fourth-order valence-corrected chi connectivity index (χ4v) is 2.28. The maximum Gasteiger partial charge on any atom is 0.123 e. The van der Waals surface area contributed by atoms with Crippen LogP contribution in [0.4, 0.5) is 4.39 Å². The number of nitrogens with one attached hydrogen (secondary N) is 1. The van der Waals surface area contributed by atoms with Gasteiger partial charge in [-0.25, -0.2) is 4.39 Å². The molecular weight excluding hydrogens is 225 g/mol. The Morgan fingerprint density at radius 1 is 1.17 bits per heavy atom. The van der Waals surface area contributed by atoms with E-state index >= 15 is 0 Å². The van der Waals surface area contributed by atoms with E-state index in [1.807, 2.05) is 6.07 Å². The minimum absolute atomic E-state index is 0.121. The maximum absolute atomic E-state index is 13.2. The molecule has 0 radical (unpaired) electrons. The second-order valence-electron chi connectivity index (χ2n) is 5.05. The second-order valence-corrected chi connectivity index (χ2v) is 5.05. The number of hydrogen-bond donors (Lipinski definition) is 1. The van der Waals surface area contributed by atoms with Crippen LogP contribution in [0.2, 0.25) is 0 Å². The highest BCUT2D eigenvalue weighted by molar-refractivity contribution is 5.26. The summed E-state index contributed by atoms with van der Waals surface area (Å²) in [5.74, 6) is -0.121. The van der Waals surface area contributed by atoms with E-state index in [1.165, 1.54) is 30.9 Å². The topological polar surface area (TPSA) is 12.0 Å². The number of halogens is 1. The molecule has 0 aliphatic heterocycles. The summed E-state index contributed by atoms with van der Waals surface area (Å²) in [7, 11) is 0. The highest BCUT2D eigenvalue weighted by Crippen LogP contribution is 2.14. The average molecular weight is 251 g/mol. The Morgan fingerprint density at radius 2 is 1.94 bits per heavy atom. The molecule has 1 atom stereocenters. The first-order chi connectivity index (χ1) is 8.67. The molecule has 18 heavy (non-hydrogen) atoms. The first-order valence-electron chi connectivity index (χ1n) is 7.15. The zero-order chi connectivity index (χ0) is 13.4. The lowest BCUT2D eigenvalue weighted by atomic mass is 9.98. The van der Waals surface area contributed by atoms with Gasteiger partial charge in [0.05, 0.1) is 0 Å². The molecule has 102 valence electrons. The van der Waals surface area contributed by atoms with Crippen molar-refractivity contribution in [2.75, 3.05) is 6.54 Å². The van der Waals surface area contributed by atoms with E-state index < -0.39 is 0 Å². The molecule has 1 N–H and O–H groups in total.